The Morgan fingerprint density at radius 1 is 1.32 bits per heavy atom. The number of benzene rings is 1. The molecular weight excluding hydrogens is 394 g/mol. The van der Waals surface area contributed by atoms with E-state index in [2.05, 4.69) is 15.3 Å². The summed E-state index contributed by atoms with van der Waals surface area (Å²) in [5, 5.41) is 15.2. The number of nitrogens with zero attached hydrogens (tertiary/aromatic N) is 3. The Morgan fingerprint density at radius 3 is 2.82 bits per heavy atom. The van der Waals surface area contributed by atoms with Crippen molar-refractivity contribution in [1.82, 2.24) is 9.97 Å². The van der Waals surface area contributed by atoms with Crippen LogP contribution in [-0.4, -0.2) is 26.9 Å². The predicted octanol–water partition coefficient (Wildman–Crippen LogP) is 3.80. The molecule has 0 radical (unpaired) electrons. The molecule has 2 heterocycles. The summed E-state index contributed by atoms with van der Waals surface area (Å²) >= 11 is 1.08. The van der Waals surface area contributed by atoms with Crippen molar-refractivity contribution in [3.05, 3.63) is 63.7 Å². The number of aromatic nitrogens is 2. The summed E-state index contributed by atoms with van der Waals surface area (Å²) < 4.78 is 31.7. The van der Waals surface area contributed by atoms with Crippen LogP contribution in [0.2, 0.25) is 0 Å². The van der Waals surface area contributed by atoms with Gasteiger partial charge in [-0.1, -0.05) is 0 Å². The monoisotopic (exact) mass is 406 g/mol. The van der Waals surface area contributed by atoms with E-state index in [1.165, 1.54) is 31.3 Å². The number of hydrogen-bond acceptors (Lipinski definition) is 7. The number of nitrogens with one attached hydrogen (secondary N) is 1. The second-order valence-corrected chi connectivity index (χ2v) is 6.36. The second-order valence-electron chi connectivity index (χ2n) is 5.50. The van der Waals surface area contributed by atoms with Gasteiger partial charge in [0.15, 0.2) is 22.9 Å². The number of anilines is 1. The number of hydrogen-bond donors (Lipinski definition) is 1. The normalized spacial score (nSPS) is 11.7. The summed E-state index contributed by atoms with van der Waals surface area (Å²) in [6.07, 6.45) is 0.170. The lowest BCUT2D eigenvalue weighted by atomic mass is 10.2. The maximum Gasteiger partial charge on any atom is 0.406 e. The van der Waals surface area contributed by atoms with Gasteiger partial charge in [-0.15, -0.1) is 11.3 Å². The van der Waals surface area contributed by atoms with Crippen molar-refractivity contribution < 1.29 is 23.2 Å². The minimum atomic E-state index is -1.07. The van der Waals surface area contributed by atoms with Crippen LogP contribution in [0.1, 0.15) is 6.92 Å². The van der Waals surface area contributed by atoms with Crippen LogP contribution in [0.4, 0.5) is 19.7 Å². The first kappa shape index (κ1) is 19.3. The van der Waals surface area contributed by atoms with Crippen LogP contribution in [-0.2, 0) is 4.79 Å². The summed E-state index contributed by atoms with van der Waals surface area (Å²) in [6.45, 7) is 1.41. The van der Waals surface area contributed by atoms with Gasteiger partial charge in [-0.3, -0.25) is 10.1 Å². The van der Waals surface area contributed by atoms with Crippen LogP contribution in [0.25, 0.3) is 11.3 Å². The zero-order chi connectivity index (χ0) is 20.3. The highest BCUT2D eigenvalue weighted by molar-refractivity contribution is 7.14. The number of amides is 1. The molecule has 0 aliphatic carbocycles. The van der Waals surface area contributed by atoms with Gasteiger partial charge in [-0.05, 0) is 47.2 Å². The minimum absolute atomic E-state index is 0.142. The van der Waals surface area contributed by atoms with Gasteiger partial charge < -0.3 is 14.9 Å². The number of halogens is 2. The number of rotatable bonds is 6. The van der Waals surface area contributed by atoms with E-state index in [0.29, 0.717) is 11.3 Å². The third-order valence-corrected chi connectivity index (χ3v) is 4.30. The van der Waals surface area contributed by atoms with E-state index in [9.17, 15) is 23.7 Å². The summed E-state index contributed by atoms with van der Waals surface area (Å²) in [4.78, 5) is 30.3. The maximum atomic E-state index is 13.3. The molecule has 0 saturated heterocycles. The molecule has 2 aromatic heterocycles. The van der Waals surface area contributed by atoms with E-state index in [-0.39, 0.29) is 10.9 Å². The molecule has 0 aliphatic heterocycles. The first-order valence-corrected chi connectivity index (χ1v) is 8.71. The SMILES string of the molecule is CC(Oc1cccnc1[N+](=O)[O-])C(=O)Nc1nc(-c2ccc(F)c(F)c2)cs1. The van der Waals surface area contributed by atoms with Crippen molar-refractivity contribution >= 4 is 28.2 Å². The van der Waals surface area contributed by atoms with Crippen LogP contribution < -0.4 is 10.1 Å². The lowest BCUT2D eigenvalue weighted by Crippen LogP contribution is -2.30. The fourth-order valence-electron chi connectivity index (χ4n) is 2.18. The molecule has 0 saturated carbocycles. The minimum Gasteiger partial charge on any atom is -0.473 e. The highest BCUT2D eigenvalue weighted by Gasteiger charge is 2.22. The number of carbonyl (C=O) groups is 1. The van der Waals surface area contributed by atoms with Gasteiger partial charge in [0.25, 0.3) is 5.91 Å². The second kappa shape index (κ2) is 8.05. The molecular formula is C17H12F2N4O4S. The number of thiazole rings is 1. The zero-order valence-electron chi connectivity index (χ0n) is 14.3. The quantitative estimate of drug-likeness (QED) is 0.493. The van der Waals surface area contributed by atoms with Crippen molar-refractivity contribution in [1.29, 1.82) is 0 Å². The molecule has 1 aromatic carbocycles. The predicted molar refractivity (Wildman–Crippen MR) is 97.1 cm³/mol. The third kappa shape index (κ3) is 4.26. The van der Waals surface area contributed by atoms with Gasteiger partial charge in [0, 0.05) is 10.9 Å². The average Bonchev–Trinajstić information content (AvgIpc) is 3.12. The van der Waals surface area contributed by atoms with Crippen molar-refractivity contribution in [2.24, 2.45) is 0 Å². The summed E-state index contributed by atoms with van der Waals surface area (Å²) in [6, 6.07) is 6.13. The highest BCUT2D eigenvalue weighted by atomic mass is 32.1. The van der Waals surface area contributed by atoms with Crippen LogP contribution in [0, 0.1) is 21.7 Å². The maximum absolute atomic E-state index is 13.3. The van der Waals surface area contributed by atoms with Crippen molar-refractivity contribution in [2.75, 3.05) is 5.32 Å². The Hall–Kier alpha value is -3.47. The number of ether oxygens (including phenoxy) is 1. The van der Waals surface area contributed by atoms with E-state index in [1.54, 1.807) is 5.38 Å². The molecule has 1 unspecified atom stereocenters. The molecule has 11 heteroatoms. The molecule has 3 rings (SSSR count). The first-order valence-electron chi connectivity index (χ1n) is 7.83. The van der Waals surface area contributed by atoms with Crippen molar-refractivity contribution in [2.45, 2.75) is 13.0 Å². The number of pyridine rings is 1. The average molecular weight is 406 g/mol. The summed E-state index contributed by atoms with van der Waals surface area (Å²) in [7, 11) is 0. The van der Waals surface area contributed by atoms with Gasteiger partial charge in [0.05, 0.1) is 5.69 Å². The molecule has 28 heavy (non-hydrogen) atoms. The lowest BCUT2D eigenvalue weighted by molar-refractivity contribution is -0.390. The lowest BCUT2D eigenvalue weighted by Gasteiger charge is -2.13. The molecule has 1 atom stereocenters. The Morgan fingerprint density at radius 2 is 2.11 bits per heavy atom. The van der Waals surface area contributed by atoms with Crippen LogP contribution >= 0.6 is 11.3 Å². The summed E-state index contributed by atoms with van der Waals surface area (Å²) in [5.74, 6) is -3.21. The molecule has 1 N–H and O–H groups in total. The Bertz CT molecular complexity index is 1040. The molecule has 1 amide bonds. The molecule has 0 bridgehead atoms. The largest absolute Gasteiger partial charge is 0.473 e. The standard InChI is InChI=1S/C17H12F2N4O4S/c1-9(27-14-3-2-6-20-15(14)23(25)26)16(24)22-17-21-13(8-28-17)10-4-5-11(18)12(19)7-10/h2-9H,1H3,(H,21,22,24). The van der Waals surface area contributed by atoms with E-state index >= 15 is 0 Å². The Labute approximate surface area is 161 Å². The fourth-order valence-corrected chi connectivity index (χ4v) is 2.90. The van der Waals surface area contributed by atoms with Gasteiger partial charge in [-0.2, -0.15) is 0 Å². The van der Waals surface area contributed by atoms with Gasteiger partial charge in [-0.25, -0.2) is 13.8 Å². The Kier molecular flexibility index (Phi) is 5.54. The van der Waals surface area contributed by atoms with Crippen LogP contribution in [0.15, 0.2) is 41.9 Å². The van der Waals surface area contributed by atoms with E-state index in [0.717, 1.165) is 23.5 Å². The molecule has 8 nitrogen and oxygen atoms in total. The topological polar surface area (TPSA) is 107 Å². The Balaban J connectivity index is 1.69. The van der Waals surface area contributed by atoms with Gasteiger partial charge in [0.1, 0.15) is 6.20 Å². The molecule has 0 aliphatic rings. The molecule has 0 spiro atoms. The summed E-state index contributed by atoms with van der Waals surface area (Å²) in [5.41, 5.74) is 0.710. The van der Waals surface area contributed by atoms with E-state index in [4.69, 9.17) is 4.74 Å². The molecule has 144 valence electrons. The van der Waals surface area contributed by atoms with Crippen molar-refractivity contribution in [3.63, 3.8) is 0 Å². The zero-order valence-corrected chi connectivity index (χ0v) is 15.1. The smallest absolute Gasteiger partial charge is 0.406 e. The van der Waals surface area contributed by atoms with Gasteiger partial charge in [0.2, 0.25) is 5.75 Å². The van der Waals surface area contributed by atoms with E-state index < -0.39 is 34.4 Å². The van der Waals surface area contributed by atoms with Gasteiger partial charge >= 0.3 is 5.82 Å². The molecule has 0 fully saturated rings. The third-order valence-electron chi connectivity index (χ3n) is 3.55. The number of carbonyl (C=O) groups excluding carboxylic acids is 1. The first-order chi connectivity index (χ1) is 13.3. The molecule has 3 aromatic rings. The van der Waals surface area contributed by atoms with Crippen molar-refractivity contribution in [3.8, 4) is 17.0 Å². The fraction of sp³-hybridized carbons (Fsp3) is 0.118. The van der Waals surface area contributed by atoms with Crippen LogP contribution in [0.3, 0.4) is 0 Å². The highest BCUT2D eigenvalue weighted by Crippen LogP contribution is 2.27. The number of nitro groups is 1. The van der Waals surface area contributed by atoms with Crippen LogP contribution in [0.5, 0.6) is 5.75 Å². The van der Waals surface area contributed by atoms with E-state index in [1.807, 2.05) is 0 Å².